The van der Waals surface area contributed by atoms with Crippen molar-refractivity contribution in [2.24, 2.45) is 35.5 Å². The molecule has 3 fully saturated rings. The van der Waals surface area contributed by atoms with Crippen molar-refractivity contribution in [2.45, 2.75) is 45.3 Å². The number of hydrogen-bond acceptors (Lipinski definition) is 4. The molecule has 3 aliphatic rings. The van der Waals surface area contributed by atoms with Gasteiger partial charge >= 0.3 is 11.9 Å². The van der Waals surface area contributed by atoms with E-state index in [1.807, 2.05) is 36.4 Å². The summed E-state index contributed by atoms with van der Waals surface area (Å²) in [4.78, 5) is 25.9. The van der Waals surface area contributed by atoms with E-state index in [1.165, 1.54) is 19.3 Å². The molecule has 0 aliphatic heterocycles. The molecule has 2 aromatic carbocycles. The highest BCUT2D eigenvalue weighted by molar-refractivity contribution is 5.90. The van der Waals surface area contributed by atoms with Crippen molar-refractivity contribution in [3.05, 3.63) is 71.8 Å². The van der Waals surface area contributed by atoms with Crippen LogP contribution in [-0.4, -0.2) is 24.1 Å². The lowest BCUT2D eigenvalue weighted by molar-refractivity contribution is -0.138. The van der Waals surface area contributed by atoms with Gasteiger partial charge in [0.1, 0.15) is 12.2 Å². The summed E-state index contributed by atoms with van der Waals surface area (Å²) in [5.41, 5.74) is 1.07. The lowest BCUT2D eigenvalue weighted by Crippen LogP contribution is -2.55. The maximum absolute atomic E-state index is 13.0. The van der Waals surface area contributed by atoms with Gasteiger partial charge in [-0.1, -0.05) is 50.2 Å². The van der Waals surface area contributed by atoms with E-state index < -0.39 is 12.2 Å². The number of benzene rings is 2. The maximum Gasteiger partial charge on any atom is 0.338 e. The van der Waals surface area contributed by atoms with Crippen molar-refractivity contribution in [3.63, 3.8) is 0 Å². The molecule has 0 amide bonds. The van der Waals surface area contributed by atoms with Gasteiger partial charge in [-0.2, -0.15) is 0 Å². The van der Waals surface area contributed by atoms with E-state index >= 15 is 0 Å². The van der Waals surface area contributed by atoms with Crippen LogP contribution >= 0.6 is 0 Å². The molecule has 4 heteroatoms. The first-order chi connectivity index (χ1) is 15.0. The fourth-order valence-electron chi connectivity index (χ4n) is 6.86. The van der Waals surface area contributed by atoms with Gasteiger partial charge in [0.15, 0.2) is 0 Å². The summed E-state index contributed by atoms with van der Waals surface area (Å²) >= 11 is 0. The Bertz CT molecular complexity index is 863. The SMILES string of the molecule is CC1C(OC(=O)c2ccccc2)C(OC(=O)c2ccccc2)C(C)C2C3CCC(C3)C12. The minimum atomic E-state index is -0.434. The van der Waals surface area contributed by atoms with Crippen LogP contribution in [0.15, 0.2) is 60.7 Å². The Morgan fingerprint density at radius 1 is 0.677 bits per heavy atom. The van der Waals surface area contributed by atoms with E-state index in [1.54, 1.807) is 24.3 Å². The maximum atomic E-state index is 13.0. The molecule has 0 N–H and O–H groups in total. The Balaban J connectivity index is 1.44. The molecule has 5 rings (SSSR count). The molecule has 0 saturated heterocycles. The van der Waals surface area contributed by atoms with Crippen molar-refractivity contribution in [2.75, 3.05) is 0 Å². The zero-order valence-electron chi connectivity index (χ0n) is 18.1. The Kier molecular flexibility index (Phi) is 5.33. The van der Waals surface area contributed by atoms with E-state index in [2.05, 4.69) is 13.8 Å². The number of ether oxygens (including phenoxy) is 2. The minimum absolute atomic E-state index is 0.165. The van der Waals surface area contributed by atoms with Crippen LogP contribution in [0.25, 0.3) is 0 Å². The van der Waals surface area contributed by atoms with Crippen LogP contribution in [0.1, 0.15) is 53.8 Å². The Morgan fingerprint density at radius 2 is 1.06 bits per heavy atom. The molecule has 31 heavy (non-hydrogen) atoms. The predicted molar refractivity (Wildman–Crippen MR) is 117 cm³/mol. The van der Waals surface area contributed by atoms with Crippen LogP contribution < -0.4 is 0 Å². The standard InChI is InChI=1S/C27H30O4/c1-16-22-20-13-14-21(15-20)23(22)17(2)25(31-27(29)19-11-7-4-8-12-19)24(16)30-26(28)18-9-5-3-6-10-18/h3-12,16-17,20-25H,13-15H2,1-2H3. The van der Waals surface area contributed by atoms with Crippen molar-refractivity contribution in [1.29, 1.82) is 0 Å². The summed E-state index contributed by atoms with van der Waals surface area (Å²) in [5, 5.41) is 0. The summed E-state index contributed by atoms with van der Waals surface area (Å²) in [6.45, 7) is 4.38. The van der Waals surface area contributed by atoms with Crippen LogP contribution in [-0.2, 0) is 9.47 Å². The van der Waals surface area contributed by atoms with Gasteiger partial charge in [0.25, 0.3) is 0 Å². The number of hydrogen-bond donors (Lipinski definition) is 0. The van der Waals surface area contributed by atoms with Crippen LogP contribution in [0.3, 0.4) is 0 Å². The fourth-order valence-corrected chi connectivity index (χ4v) is 6.86. The fraction of sp³-hybridized carbons (Fsp3) is 0.481. The van der Waals surface area contributed by atoms with E-state index in [-0.39, 0.29) is 23.8 Å². The topological polar surface area (TPSA) is 52.6 Å². The number of rotatable bonds is 4. The molecule has 162 valence electrons. The third-order valence-corrected chi connectivity index (χ3v) is 8.13. The minimum Gasteiger partial charge on any atom is -0.455 e. The molecule has 3 aliphatic carbocycles. The highest BCUT2D eigenvalue weighted by Gasteiger charge is 2.60. The van der Waals surface area contributed by atoms with Gasteiger partial charge in [-0.05, 0) is 67.2 Å². The van der Waals surface area contributed by atoms with Gasteiger partial charge in [-0.25, -0.2) is 9.59 Å². The lowest BCUT2D eigenvalue weighted by atomic mass is 9.60. The number of carbonyl (C=O) groups is 2. The second kappa shape index (κ2) is 8.14. The van der Waals surface area contributed by atoms with Gasteiger partial charge in [-0.15, -0.1) is 0 Å². The first-order valence-electron chi connectivity index (χ1n) is 11.6. The summed E-state index contributed by atoms with van der Waals surface area (Å²) in [7, 11) is 0. The third-order valence-electron chi connectivity index (χ3n) is 8.13. The van der Waals surface area contributed by atoms with Gasteiger partial charge in [-0.3, -0.25) is 0 Å². The van der Waals surface area contributed by atoms with Gasteiger partial charge in [0, 0.05) is 11.8 Å². The number of carbonyl (C=O) groups excluding carboxylic acids is 2. The molecular formula is C27H30O4. The van der Waals surface area contributed by atoms with Crippen LogP contribution in [0, 0.1) is 35.5 Å². The second-order valence-electron chi connectivity index (χ2n) is 9.68. The van der Waals surface area contributed by atoms with Crippen LogP contribution in [0.4, 0.5) is 0 Å². The van der Waals surface area contributed by atoms with E-state index in [0.717, 1.165) is 0 Å². The summed E-state index contributed by atoms with van der Waals surface area (Å²) in [6.07, 6.45) is 2.95. The van der Waals surface area contributed by atoms with Crippen molar-refractivity contribution >= 4 is 11.9 Å². The van der Waals surface area contributed by atoms with Crippen molar-refractivity contribution in [3.8, 4) is 0 Å². The quantitative estimate of drug-likeness (QED) is 0.625. The monoisotopic (exact) mass is 418 g/mol. The smallest absolute Gasteiger partial charge is 0.338 e. The number of fused-ring (bicyclic) bond motifs is 5. The molecule has 8 unspecified atom stereocenters. The van der Waals surface area contributed by atoms with Gasteiger partial charge in [0.2, 0.25) is 0 Å². The predicted octanol–water partition coefficient (Wildman–Crippen LogP) is 5.39. The average molecular weight is 419 g/mol. The lowest BCUT2D eigenvalue weighted by Gasteiger charge is -2.50. The second-order valence-corrected chi connectivity index (χ2v) is 9.68. The largest absolute Gasteiger partial charge is 0.455 e. The molecule has 8 atom stereocenters. The van der Waals surface area contributed by atoms with E-state index in [0.29, 0.717) is 34.8 Å². The molecule has 2 aromatic rings. The summed E-state index contributed by atoms with van der Waals surface area (Å²) in [5.74, 6) is 2.13. The Labute approximate surface area is 183 Å². The molecule has 0 aromatic heterocycles. The highest BCUT2D eigenvalue weighted by atomic mass is 16.6. The van der Waals surface area contributed by atoms with Gasteiger partial charge in [0.05, 0.1) is 11.1 Å². The number of esters is 2. The summed E-state index contributed by atoms with van der Waals surface area (Å²) in [6, 6.07) is 18.2. The Hall–Kier alpha value is -2.62. The molecule has 2 bridgehead atoms. The molecule has 0 heterocycles. The zero-order valence-corrected chi connectivity index (χ0v) is 18.1. The Morgan fingerprint density at radius 3 is 1.45 bits per heavy atom. The molecule has 0 spiro atoms. The molecule has 3 saturated carbocycles. The highest BCUT2D eigenvalue weighted by Crippen LogP contribution is 2.61. The van der Waals surface area contributed by atoms with Crippen LogP contribution in [0.2, 0.25) is 0 Å². The summed E-state index contributed by atoms with van der Waals surface area (Å²) < 4.78 is 12.2. The molecular weight excluding hydrogens is 388 g/mol. The van der Waals surface area contributed by atoms with Crippen molar-refractivity contribution in [1.82, 2.24) is 0 Å². The third kappa shape index (κ3) is 3.56. The van der Waals surface area contributed by atoms with Crippen molar-refractivity contribution < 1.29 is 19.1 Å². The zero-order chi connectivity index (χ0) is 21.5. The average Bonchev–Trinajstić information content (AvgIpc) is 3.43. The molecule has 0 radical (unpaired) electrons. The first-order valence-corrected chi connectivity index (χ1v) is 11.6. The van der Waals surface area contributed by atoms with E-state index in [4.69, 9.17) is 9.47 Å². The van der Waals surface area contributed by atoms with E-state index in [9.17, 15) is 9.59 Å². The normalized spacial score (nSPS) is 35.9. The van der Waals surface area contributed by atoms with Gasteiger partial charge < -0.3 is 9.47 Å². The molecule has 4 nitrogen and oxygen atoms in total. The van der Waals surface area contributed by atoms with Crippen LogP contribution in [0.5, 0.6) is 0 Å². The first kappa shape index (κ1) is 20.3.